The number of carboxylic acids is 1. The molecular weight excluding hydrogens is 218 g/mol. The van der Waals surface area contributed by atoms with Crippen LogP contribution in [0.3, 0.4) is 0 Å². The number of nitrogens with one attached hydrogen (secondary N) is 1. The van der Waals surface area contributed by atoms with Gasteiger partial charge in [0.05, 0.1) is 12.5 Å². The summed E-state index contributed by atoms with van der Waals surface area (Å²) < 4.78 is 5.43. The Morgan fingerprint density at radius 2 is 2.41 bits per heavy atom. The third kappa shape index (κ3) is 2.07. The van der Waals surface area contributed by atoms with E-state index >= 15 is 0 Å². The zero-order valence-electron chi connectivity index (χ0n) is 9.48. The van der Waals surface area contributed by atoms with E-state index in [1.54, 1.807) is 0 Å². The van der Waals surface area contributed by atoms with Crippen molar-refractivity contribution >= 4 is 11.7 Å². The van der Waals surface area contributed by atoms with E-state index in [1.165, 1.54) is 5.56 Å². The molecule has 2 aliphatic rings. The van der Waals surface area contributed by atoms with Gasteiger partial charge < -0.3 is 15.2 Å². The molecule has 17 heavy (non-hydrogen) atoms. The lowest BCUT2D eigenvalue weighted by molar-refractivity contribution is -0.138. The third-order valence-corrected chi connectivity index (χ3v) is 3.50. The minimum absolute atomic E-state index is 0.139. The zero-order chi connectivity index (χ0) is 11.8. The number of aliphatic carboxylic acids is 1. The van der Waals surface area contributed by atoms with Gasteiger partial charge >= 0.3 is 5.97 Å². The van der Waals surface area contributed by atoms with Gasteiger partial charge in [0.25, 0.3) is 0 Å². The van der Waals surface area contributed by atoms with Crippen LogP contribution in [0.4, 0.5) is 5.69 Å². The molecule has 4 heteroatoms. The molecule has 1 fully saturated rings. The van der Waals surface area contributed by atoms with Crippen molar-refractivity contribution in [2.75, 3.05) is 18.5 Å². The molecule has 1 saturated carbocycles. The van der Waals surface area contributed by atoms with Crippen molar-refractivity contribution in [1.82, 2.24) is 0 Å². The van der Waals surface area contributed by atoms with E-state index in [4.69, 9.17) is 9.84 Å². The molecule has 2 unspecified atom stereocenters. The maximum atomic E-state index is 10.7. The van der Waals surface area contributed by atoms with Crippen molar-refractivity contribution in [2.24, 2.45) is 11.8 Å². The highest BCUT2D eigenvalue weighted by Gasteiger charge is 2.42. The van der Waals surface area contributed by atoms with Gasteiger partial charge in [0.15, 0.2) is 0 Å². The van der Waals surface area contributed by atoms with Crippen molar-refractivity contribution in [2.45, 2.75) is 12.8 Å². The molecule has 0 spiro atoms. The van der Waals surface area contributed by atoms with Gasteiger partial charge in [0.2, 0.25) is 0 Å². The number of carbonyl (C=O) groups is 1. The van der Waals surface area contributed by atoms with E-state index in [0.29, 0.717) is 0 Å². The van der Waals surface area contributed by atoms with Gasteiger partial charge in [-0.3, -0.25) is 4.79 Å². The van der Waals surface area contributed by atoms with Gasteiger partial charge in [0, 0.05) is 18.7 Å². The summed E-state index contributed by atoms with van der Waals surface area (Å²) in [7, 11) is 0. The van der Waals surface area contributed by atoms with Crippen LogP contribution >= 0.6 is 0 Å². The highest BCUT2D eigenvalue weighted by Crippen LogP contribution is 2.38. The molecule has 1 aromatic rings. The Bertz CT molecular complexity index is 458. The molecule has 0 saturated heterocycles. The van der Waals surface area contributed by atoms with Crippen molar-refractivity contribution < 1.29 is 14.6 Å². The Balaban J connectivity index is 1.58. The van der Waals surface area contributed by atoms with E-state index in [1.807, 2.05) is 12.1 Å². The van der Waals surface area contributed by atoms with Crippen LogP contribution in [0.5, 0.6) is 5.75 Å². The smallest absolute Gasteiger partial charge is 0.306 e. The van der Waals surface area contributed by atoms with Crippen molar-refractivity contribution in [3.05, 3.63) is 23.8 Å². The maximum Gasteiger partial charge on any atom is 0.306 e. The normalized spacial score (nSPS) is 24.9. The van der Waals surface area contributed by atoms with Crippen LogP contribution < -0.4 is 10.1 Å². The first-order valence-corrected chi connectivity index (χ1v) is 5.96. The van der Waals surface area contributed by atoms with Crippen molar-refractivity contribution in [3.8, 4) is 5.75 Å². The molecule has 90 valence electrons. The van der Waals surface area contributed by atoms with Crippen LogP contribution in [0.25, 0.3) is 0 Å². The average molecular weight is 233 g/mol. The molecule has 4 nitrogen and oxygen atoms in total. The molecule has 0 radical (unpaired) electrons. The number of rotatable bonds is 4. The summed E-state index contributed by atoms with van der Waals surface area (Å²) in [6.45, 7) is 1.51. The molecule has 1 aliphatic heterocycles. The second-order valence-electron chi connectivity index (χ2n) is 4.74. The second kappa shape index (κ2) is 3.95. The minimum Gasteiger partial charge on any atom is -0.493 e. The molecule has 2 N–H and O–H groups in total. The summed E-state index contributed by atoms with van der Waals surface area (Å²) in [5, 5.41) is 12.1. The fourth-order valence-corrected chi connectivity index (χ4v) is 2.32. The summed E-state index contributed by atoms with van der Waals surface area (Å²) in [4.78, 5) is 10.7. The molecule has 3 rings (SSSR count). The molecule has 1 heterocycles. The quantitative estimate of drug-likeness (QED) is 0.832. The van der Waals surface area contributed by atoms with E-state index in [9.17, 15) is 4.79 Å². The number of hydrogen-bond donors (Lipinski definition) is 2. The summed E-state index contributed by atoms with van der Waals surface area (Å²) in [5.41, 5.74) is 2.30. The Hall–Kier alpha value is -1.71. The molecule has 0 aromatic heterocycles. The highest BCUT2D eigenvalue weighted by atomic mass is 16.5. The highest BCUT2D eigenvalue weighted by molar-refractivity contribution is 5.73. The monoisotopic (exact) mass is 233 g/mol. The second-order valence-corrected chi connectivity index (χ2v) is 4.74. The maximum absolute atomic E-state index is 10.7. The molecule has 0 bridgehead atoms. The predicted molar refractivity (Wildman–Crippen MR) is 63.4 cm³/mol. The van der Waals surface area contributed by atoms with Crippen LogP contribution in [0.1, 0.15) is 12.0 Å². The first-order valence-electron chi connectivity index (χ1n) is 5.96. The summed E-state index contributed by atoms with van der Waals surface area (Å²) in [6.07, 6.45) is 1.77. The fraction of sp³-hybridized carbons (Fsp3) is 0.462. The number of ether oxygens (including phenoxy) is 1. The lowest BCUT2D eigenvalue weighted by atomic mass is 10.1. The number of benzene rings is 1. The van der Waals surface area contributed by atoms with Gasteiger partial charge in [-0.15, -0.1) is 0 Å². The summed E-state index contributed by atoms with van der Waals surface area (Å²) in [5.74, 6) is 0.460. The lowest BCUT2D eigenvalue weighted by Crippen LogP contribution is -2.08. The van der Waals surface area contributed by atoms with Gasteiger partial charge in [-0.1, -0.05) is 0 Å². The van der Waals surface area contributed by atoms with E-state index in [-0.39, 0.29) is 11.8 Å². The van der Waals surface area contributed by atoms with Crippen LogP contribution in [0.2, 0.25) is 0 Å². The number of fused-ring (bicyclic) bond motifs is 1. The van der Waals surface area contributed by atoms with Crippen LogP contribution in [0, 0.1) is 11.8 Å². The molecule has 1 aliphatic carbocycles. The summed E-state index contributed by atoms with van der Waals surface area (Å²) in [6, 6.07) is 6.06. The van der Waals surface area contributed by atoms with Crippen molar-refractivity contribution in [1.29, 1.82) is 0 Å². The minimum atomic E-state index is -0.667. The van der Waals surface area contributed by atoms with Crippen LogP contribution in [0.15, 0.2) is 18.2 Å². The van der Waals surface area contributed by atoms with Gasteiger partial charge in [-0.25, -0.2) is 0 Å². The standard InChI is InChI=1S/C13H15NO3/c15-13(16)11-6-9(11)7-14-10-1-2-12-8(5-10)3-4-17-12/h1-2,5,9,11,14H,3-4,6-7H2,(H,15,16). The van der Waals surface area contributed by atoms with Crippen LogP contribution in [-0.2, 0) is 11.2 Å². The molecule has 2 atom stereocenters. The lowest BCUT2D eigenvalue weighted by Gasteiger charge is -2.07. The summed E-state index contributed by atoms with van der Waals surface area (Å²) >= 11 is 0. The zero-order valence-corrected chi connectivity index (χ0v) is 9.48. The molecular formula is C13H15NO3. The predicted octanol–water partition coefficient (Wildman–Crippen LogP) is 1.75. The average Bonchev–Trinajstić information content (AvgIpc) is 2.95. The number of hydrogen-bond acceptors (Lipinski definition) is 3. The Morgan fingerprint density at radius 1 is 1.53 bits per heavy atom. The van der Waals surface area contributed by atoms with E-state index in [2.05, 4.69) is 11.4 Å². The Labute approximate surface area is 99.6 Å². The van der Waals surface area contributed by atoms with Gasteiger partial charge in [-0.05, 0) is 36.1 Å². The topological polar surface area (TPSA) is 58.6 Å². The first kappa shape index (κ1) is 10.4. The SMILES string of the molecule is O=C(O)C1CC1CNc1ccc2c(c1)CCO2. The number of carboxylic acid groups (broad SMARTS) is 1. The molecule has 1 aromatic carbocycles. The van der Waals surface area contributed by atoms with Gasteiger partial charge in [-0.2, -0.15) is 0 Å². The third-order valence-electron chi connectivity index (χ3n) is 3.50. The van der Waals surface area contributed by atoms with E-state index < -0.39 is 5.97 Å². The van der Waals surface area contributed by atoms with Crippen LogP contribution in [-0.4, -0.2) is 24.2 Å². The Morgan fingerprint density at radius 3 is 3.18 bits per heavy atom. The Kier molecular flexibility index (Phi) is 2.42. The molecule has 0 amide bonds. The first-order chi connectivity index (χ1) is 8.24. The number of anilines is 1. The largest absolute Gasteiger partial charge is 0.493 e. The van der Waals surface area contributed by atoms with Gasteiger partial charge in [0.1, 0.15) is 5.75 Å². The van der Waals surface area contributed by atoms with Crippen molar-refractivity contribution in [3.63, 3.8) is 0 Å². The fourth-order valence-electron chi connectivity index (χ4n) is 2.32. The van der Waals surface area contributed by atoms with E-state index in [0.717, 1.165) is 37.4 Å².